The van der Waals surface area contributed by atoms with Crippen molar-refractivity contribution in [3.05, 3.63) is 53.2 Å². The lowest BCUT2D eigenvalue weighted by Gasteiger charge is -2.08. The number of anilines is 1. The van der Waals surface area contributed by atoms with E-state index in [1.165, 1.54) is 11.1 Å². The van der Waals surface area contributed by atoms with E-state index in [4.69, 9.17) is 4.74 Å². The van der Waals surface area contributed by atoms with Gasteiger partial charge in [-0.15, -0.1) is 0 Å². The highest BCUT2D eigenvalue weighted by molar-refractivity contribution is 5.35. The van der Waals surface area contributed by atoms with Crippen molar-refractivity contribution >= 4 is 5.82 Å². The van der Waals surface area contributed by atoms with Gasteiger partial charge in [0.05, 0.1) is 5.69 Å². The molecule has 0 saturated heterocycles. The topological polar surface area (TPSA) is 34.1 Å². The van der Waals surface area contributed by atoms with E-state index in [9.17, 15) is 0 Å². The van der Waals surface area contributed by atoms with Gasteiger partial charge < -0.3 is 10.1 Å². The molecule has 1 heterocycles. The molecule has 0 aliphatic rings. The summed E-state index contributed by atoms with van der Waals surface area (Å²) in [6.45, 7) is 4.62. The minimum absolute atomic E-state index is 0.485. The van der Waals surface area contributed by atoms with Crippen LogP contribution in [0.3, 0.4) is 0 Å². The van der Waals surface area contributed by atoms with Gasteiger partial charge in [0.25, 0.3) is 0 Å². The van der Waals surface area contributed by atoms with Crippen LogP contribution in [0, 0.1) is 13.8 Å². The van der Waals surface area contributed by atoms with E-state index in [2.05, 4.69) is 30.2 Å². The van der Waals surface area contributed by atoms with E-state index >= 15 is 0 Å². The maximum absolute atomic E-state index is 5.76. The Morgan fingerprint density at radius 1 is 1.11 bits per heavy atom. The predicted octanol–water partition coefficient (Wildman–Crippen LogP) is 3.32. The summed E-state index contributed by atoms with van der Waals surface area (Å²) >= 11 is 0. The summed E-state index contributed by atoms with van der Waals surface area (Å²) in [5, 5.41) is 3.02. The summed E-state index contributed by atoms with van der Waals surface area (Å²) in [5.41, 5.74) is 3.34. The molecule has 0 radical (unpaired) electrons. The Kier molecular flexibility index (Phi) is 3.82. The number of pyridine rings is 1. The number of hydrogen-bond acceptors (Lipinski definition) is 3. The largest absolute Gasteiger partial charge is 0.487 e. The minimum atomic E-state index is 0.485. The second-order valence-electron chi connectivity index (χ2n) is 4.38. The van der Waals surface area contributed by atoms with Crippen molar-refractivity contribution < 1.29 is 4.74 Å². The molecule has 0 amide bonds. The van der Waals surface area contributed by atoms with Crippen molar-refractivity contribution in [3.8, 4) is 5.75 Å². The number of aromatic nitrogens is 1. The molecule has 18 heavy (non-hydrogen) atoms. The average Bonchev–Trinajstić information content (AvgIpc) is 2.35. The highest BCUT2D eigenvalue weighted by Crippen LogP contribution is 2.17. The van der Waals surface area contributed by atoms with Gasteiger partial charge in [0, 0.05) is 7.05 Å². The molecule has 0 unspecified atom stereocenters. The molecular weight excluding hydrogens is 224 g/mol. The number of hydrogen-bond donors (Lipinski definition) is 1. The van der Waals surface area contributed by atoms with Crippen LogP contribution in [-0.2, 0) is 6.61 Å². The van der Waals surface area contributed by atoms with Crippen LogP contribution in [0.25, 0.3) is 0 Å². The Hall–Kier alpha value is -2.03. The average molecular weight is 242 g/mol. The smallest absolute Gasteiger partial charge is 0.130 e. The molecule has 0 saturated carbocycles. The standard InChI is InChI=1S/C15H18N2O/c1-11-7-12(2)9-14(8-11)18-10-13-5-4-6-15(16-3)17-13/h4-9H,10H2,1-3H3,(H,16,17). The van der Waals surface area contributed by atoms with Crippen molar-refractivity contribution in [1.29, 1.82) is 0 Å². The fourth-order valence-electron chi connectivity index (χ4n) is 1.87. The Morgan fingerprint density at radius 2 is 1.83 bits per heavy atom. The molecule has 0 fully saturated rings. The van der Waals surface area contributed by atoms with Gasteiger partial charge in [-0.1, -0.05) is 12.1 Å². The molecule has 1 N–H and O–H groups in total. The van der Waals surface area contributed by atoms with E-state index in [1.54, 1.807) is 0 Å². The van der Waals surface area contributed by atoms with Crippen LogP contribution in [0.5, 0.6) is 5.75 Å². The van der Waals surface area contributed by atoms with Crippen molar-refractivity contribution in [1.82, 2.24) is 4.98 Å². The first-order valence-corrected chi connectivity index (χ1v) is 6.02. The highest BCUT2D eigenvalue weighted by Gasteiger charge is 2.00. The van der Waals surface area contributed by atoms with Crippen LogP contribution in [0.1, 0.15) is 16.8 Å². The first-order chi connectivity index (χ1) is 8.67. The first kappa shape index (κ1) is 12.4. The lowest BCUT2D eigenvalue weighted by atomic mass is 10.1. The van der Waals surface area contributed by atoms with Crippen LogP contribution in [0.2, 0.25) is 0 Å². The van der Waals surface area contributed by atoms with Crippen molar-refractivity contribution in [2.24, 2.45) is 0 Å². The molecule has 3 heteroatoms. The van der Waals surface area contributed by atoms with Gasteiger partial charge in [-0.05, 0) is 49.2 Å². The third-order valence-electron chi connectivity index (χ3n) is 2.64. The van der Waals surface area contributed by atoms with Gasteiger partial charge in [-0.25, -0.2) is 4.98 Å². The van der Waals surface area contributed by atoms with Crippen molar-refractivity contribution in [3.63, 3.8) is 0 Å². The molecular formula is C15H18N2O. The summed E-state index contributed by atoms with van der Waals surface area (Å²) in [6.07, 6.45) is 0. The SMILES string of the molecule is CNc1cccc(COc2cc(C)cc(C)c2)n1. The Labute approximate surface area is 108 Å². The van der Waals surface area contributed by atoms with E-state index in [-0.39, 0.29) is 0 Å². The lowest BCUT2D eigenvalue weighted by molar-refractivity contribution is 0.301. The quantitative estimate of drug-likeness (QED) is 0.893. The second kappa shape index (κ2) is 5.54. The fourth-order valence-corrected chi connectivity index (χ4v) is 1.87. The number of nitrogens with zero attached hydrogens (tertiary/aromatic N) is 1. The maximum Gasteiger partial charge on any atom is 0.130 e. The monoisotopic (exact) mass is 242 g/mol. The Morgan fingerprint density at radius 3 is 2.50 bits per heavy atom. The molecule has 94 valence electrons. The number of aryl methyl sites for hydroxylation is 2. The van der Waals surface area contributed by atoms with Crippen molar-refractivity contribution in [2.75, 3.05) is 12.4 Å². The molecule has 0 aliphatic carbocycles. The molecule has 3 nitrogen and oxygen atoms in total. The van der Waals surface area contributed by atoms with Crippen LogP contribution in [0.15, 0.2) is 36.4 Å². The summed E-state index contributed by atoms with van der Waals surface area (Å²) in [5.74, 6) is 1.75. The van der Waals surface area contributed by atoms with E-state index in [0.717, 1.165) is 17.3 Å². The molecule has 2 rings (SSSR count). The maximum atomic E-state index is 5.76. The van der Waals surface area contributed by atoms with Crippen molar-refractivity contribution in [2.45, 2.75) is 20.5 Å². The van der Waals surface area contributed by atoms with Crippen LogP contribution < -0.4 is 10.1 Å². The molecule has 1 aromatic heterocycles. The molecule has 0 bridgehead atoms. The zero-order valence-corrected chi connectivity index (χ0v) is 11.0. The first-order valence-electron chi connectivity index (χ1n) is 6.02. The van der Waals surface area contributed by atoms with Gasteiger partial charge in [0.1, 0.15) is 18.2 Å². The zero-order chi connectivity index (χ0) is 13.0. The van der Waals surface area contributed by atoms with E-state index < -0.39 is 0 Å². The van der Waals surface area contributed by atoms with Gasteiger partial charge in [-0.2, -0.15) is 0 Å². The molecule has 0 atom stereocenters. The number of nitrogens with one attached hydrogen (secondary N) is 1. The van der Waals surface area contributed by atoms with Gasteiger partial charge in [0.15, 0.2) is 0 Å². The van der Waals surface area contributed by atoms with Crippen LogP contribution >= 0.6 is 0 Å². The summed E-state index contributed by atoms with van der Waals surface area (Å²) in [6, 6.07) is 12.1. The summed E-state index contributed by atoms with van der Waals surface area (Å²) < 4.78 is 5.76. The highest BCUT2D eigenvalue weighted by atomic mass is 16.5. The normalized spacial score (nSPS) is 10.2. The predicted molar refractivity (Wildman–Crippen MR) is 74.0 cm³/mol. The minimum Gasteiger partial charge on any atom is -0.487 e. The Balaban J connectivity index is 2.06. The molecule has 1 aromatic carbocycles. The van der Waals surface area contributed by atoms with Crippen LogP contribution in [-0.4, -0.2) is 12.0 Å². The van der Waals surface area contributed by atoms with Crippen LogP contribution in [0.4, 0.5) is 5.82 Å². The Bertz CT molecular complexity index is 518. The lowest BCUT2D eigenvalue weighted by Crippen LogP contribution is -2.01. The molecule has 0 spiro atoms. The number of ether oxygens (including phenoxy) is 1. The molecule has 2 aromatic rings. The third-order valence-corrected chi connectivity index (χ3v) is 2.64. The van der Waals surface area contributed by atoms with Gasteiger partial charge in [0.2, 0.25) is 0 Å². The number of benzene rings is 1. The van der Waals surface area contributed by atoms with E-state index in [1.807, 2.05) is 37.4 Å². The summed E-state index contributed by atoms with van der Waals surface area (Å²) in [4.78, 5) is 4.42. The second-order valence-corrected chi connectivity index (χ2v) is 4.38. The van der Waals surface area contributed by atoms with E-state index in [0.29, 0.717) is 6.61 Å². The third kappa shape index (κ3) is 3.23. The number of rotatable bonds is 4. The fraction of sp³-hybridized carbons (Fsp3) is 0.267. The van der Waals surface area contributed by atoms with Gasteiger partial charge >= 0.3 is 0 Å². The molecule has 0 aliphatic heterocycles. The van der Waals surface area contributed by atoms with Gasteiger partial charge in [-0.3, -0.25) is 0 Å². The zero-order valence-electron chi connectivity index (χ0n) is 11.0. The summed E-state index contributed by atoms with van der Waals surface area (Å²) in [7, 11) is 1.86.